The van der Waals surface area contributed by atoms with Gasteiger partial charge in [-0.05, 0) is 244 Å². The zero-order chi connectivity index (χ0) is 95.6. The molecule has 0 fully saturated rings. The van der Waals surface area contributed by atoms with E-state index in [2.05, 4.69) is 478 Å². The van der Waals surface area contributed by atoms with E-state index in [1.54, 1.807) is 0 Å². The SMILES string of the molecule is c1ccc(-c2nc(-c3ccccc3)nc(-c3ccc(-c4ccc(-n5c6ccc(N(c7ccccc7)c7ccccc7)cc6c6cc(N(c7ccccc7)c7ccccc7)ccc65)cc4)cc3)n2)cc1.c1ccc(-c2nc(-c3ccccc3)nc(-c3ccc4c5ccccc5c5ccc(-n6c7ccc(N(c8ccccc8)c8ccccc8)cc7c7cc(N(c8ccccc8)c8ccccc8)ccc76)cc5c4c3)n2)cc1. The maximum absolute atomic E-state index is 5.16. The van der Waals surface area contributed by atoms with Crippen LogP contribution in [0, 0.1) is 0 Å². The lowest BCUT2D eigenvalue weighted by molar-refractivity contribution is 1.07. The van der Waals surface area contributed by atoms with Crippen molar-refractivity contribution in [3.8, 4) is 90.8 Å². The molecule has 0 N–H and O–H groups in total. The van der Waals surface area contributed by atoms with Crippen LogP contribution in [0.3, 0.4) is 0 Å². The van der Waals surface area contributed by atoms with Crippen molar-refractivity contribution in [3.63, 3.8) is 0 Å². The van der Waals surface area contributed by atoms with E-state index in [0.29, 0.717) is 34.9 Å². The molecule has 22 aromatic carbocycles. The molecule has 0 atom stereocenters. The molecule has 144 heavy (non-hydrogen) atoms. The lowest BCUT2D eigenvalue weighted by Gasteiger charge is -2.26. The second-order valence-electron chi connectivity index (χ2n) is 35.7. The molecule has 0 amide bonds. The standard InChI is InChI=1S/C69H46N6.C63H44N6/c1-7-21-47(22-8-1)67-70-68(48-23-9-2-10-24-48)72-69(71-67)49-35-39-59-57-33-19-20-34-58(57)60-40-36-56(44-62(60)61(59)43-49)75-65-41-37-54(73(50-25-11-3-12-26-50)51-27-13-4-14-28-51)45-63(65)64-46-55(38-42-66(64)75)74(52-29-15-5-16-30-52)53-31-17-6-18-32-53;1-7-19-47(20-8-1)61-64-62(48-21-9-2-10-22-48)66-63(65-61)49-33-31-45(32-34-49)46-35-37-54(38-36-46)69-59-41-39-55(67(50-23-11-3-12-24-50)51-25-13-4-14-26-51)43-57(59)58-44-56(40-42-60(58)69)68(52-27-15-5-16-28-52)53-29-17-6-18-30-53/h1-46H;1-44H. The molecule has 26 aromatic rings. The van der Waals surface area contributed by atoms with Gasteiger partial charge in [0.15, 0.2) is 34.9 Å². The molecule has 4 aromatic heterocycles. The molecule has 4 heterocycles. The second kappa shape index (κ2) is 38.1. The molecule has 26 rings (SSSR count). The summed E-state index contributed by atoms with van der Waals surface area (Å²) in [5, 5.41) is 11.6. The van der Waals surface area contributed by atoms with E-state index in [9.17, 15) is 0 Å². The number of para-hydroxylation sites is 8. The van der Waals surface area contributed by atoms with Gasteiger partial charge < -0.3 is 28.7 Å². The molecule has 678 valence electrons. The Morgan fingerprint density at radius 1 is 0.118 bits per heavy atom. The first-order chi connectivity index (χ1) is 71.4. The number of nitrogens with zero attached hydrogens (tertiary/aromatic N) is 12. The summed E-state index contributed by atoms with van der Waals surface area (Å²) in [5.41, 5.74) is 27.5. The van der Waals surface area contributed by atoms with Crippen molar-refractivity contribution in [1.82, 2.24) is 39.0 Å². The highest BCUT2D eigenvalue weighted by Gasteiger charge is 2.26. The van der Waals surface area contributed by atoms with Gasteiger partial charge in [0.2, 0.25) is 0 Å². The zero-order valence-electron chi connectivity index (χ0n) is 78.3. The van der Waals surface area contributed by atoms with Crippen molar-refractivity contribution in [3.05, 3.63) is 546 Å². The monoisotopic (exact) mass is 1840 g/mol. The van der Waals surface area contributed by atoms with Gasteiger partial charge in [0.05, 0.1) is 22.1 Å². The lowest BCUT2D eigenvalue weighted by atomic mass is 9.93. The molecule has 12 heteroatoms. The molecule has 0 radical (unpaired) electrons. The average molecular weight is 1840 g/mol. The van der Waals surface area contributed by atoms with E-state index in [-0.39, 0.29) is 0 Å². The predicted molar refractivity (Wildman–Crippen MR) is 598 cm³/mol. The van der Waals surface area contributed by atoms with Gasteiger partial charge >= 0.3 is 0 Å². The first-order valence-electron chi connectivity index (χ1n) is 48.5. The Kier molecular flexibility index (Phi) is 22.8. The Morgan fingerprint density at radius 3 is 0.590 bits per heavy atom. The summed E-state index contributed by atoms with van der Waals surface area (Å²) in [4.78, 5) is 39.5. The van der Waals surface area contributed by atoms with Crippen LogP contribution in [0.5, 0.6) is 0 Å². The summed E-state index contributed by atoms with van der Waals surface area (Å²) in [6, 6.07) is 193. The summed E-state index contributed by atoms with van der Waals surface area (Å²) in [6.45, 7) is 0. The largest absolute Gasteiger partial charge is 0.310 e. The van der Waals surface area contributed by atoms with Crippen LogP contribution in [0.4, 0.5) is 68.2 Å². The van der Waals surface area contributed by atoms with Crippen LogP contribution >= 0.6 is 0 Å². The van der Waals surface area contributed by atoms with E-state index in [4.69, 9.17) is 29.9 Å². The number of hydrogen-bond acceptors (Lipinski definition) is 10. The summed E-state index contributed by atoms with van der Waals surface area (Å²) < 4.78 is 4.84. The van der Waals surface area contributed by atoms with Crippen LogP contribution < -0.4 is 19.6 Å². The van der Waals surface area contributed by atoms with Crippen molar-refractivity contribution < 1.29 is 0 Å². The van der Waals surface area contributed by atoms with Crippen LogP contribution in [0.15, 0.2) is 546 Å². The van der Waals surface area contributed by atoms with Crippen molar-refractivity contribution in [2.75, 3.05) is 19.6 Å². The van der Waals surface area contributed by atoms with Crippen molar-refractivity contribution in [2.24, 2.45) is 0 Å². The molecular formula is C132H90N12. The van der Waals surface area contributed by atoms with Gasteiger partial charge in [-0.15, -0.1) is 0 Å². The number of benzene rings is 22. The van der Waals surface area contributed by atoms with Gasteiger partial charge in [-0.25, -0.2) is 29.9 Å². The third-order valence-corrected chi connectivity index (χ3v) is 26.9. The van der Waals surface area contributed by atoms with Crippen molar-refractivity contribution in [2.45, 2.75) is 0 Å². The summed E-state index contributed by atoms with van der Waals surface area (Å²) in [5.74, 6) is 3.81. The fourth-order valence-electron chi connectivity index (χ4n) is 20.2. The minimum absolute atomic E-state index is 0.621. The van der Waals surface area contributed by atoms with Gasteiger partial charge in [0.1, 0.15) is 0 Å². The molecule has 12 nitrogen and oxygen atoms in total. The Balaban J connectivity index is 0.000000151. The summed E-state index contributed by atoms with van der Waals surface area (Å²) >= 11 is 0. The van der Waals surface area contributed by atoms with Crippen LogP contribution in [0.2, 0.25) is 0 Å². The van der Waals surface area contributed by atoms with E-state index >= 15 is 0 Å². The van der Waals surface area contributed by atoms with Crippen LogP contribution in [0.1, 0.15) is 0 Å². The van der Waals surface area contributed by atoms with Crippen LogP contribution in [-0.4, -0.2) is 39.0 Å². The minimum atomic E-state index is 0.621. The normalized spacial score (nSPS) is 11.3. The molecule has 0 aliphatic carbocycles. The third-order valence-electron chi connectivity index (χ3n) is 26.9. The quantitative estimate of drug-likeness (QED) is 0.0647. The Morgan fingerprint density at radius 2 is 0.312 bits per heavy atom. The molecule has 0 aliphatic heterocycles. The number of rotatable bonds is 21. The van der Waals surface area contributed by atoms with E-state index in [1.807, 2.05) is 97.1 Å². The highest BCUT2D eigenvalue weighted by molar-refractivity contribution is 6.26. The first-order valence-corrected chi connectivity index (χ1v) is 48.5. The zero-order valence-corrected chi connectivity index (χ0v) is 78.3. The van der Waals surface area contributed by atoms with Gasteiger partial charge in [0, 0.05) is 135 Å². The van der Waals surface area contributed by atoms with E-state index in [0.717, 1.165) is 179 Å². The molecular weight excluding hydrogens is 1750 g/mol. The molecule has 0 spiro atoms. The predicted octanol–water partition coefficient (Wildman–Crippen LogP) is 34.9. The lowest BCUT2D eigenvalue weighted by Crippen LogP contribution is -2.09. The number of aromatic nitrogens is 8. The Bertz CT molecular complexity index is 8580. The Hall–Kier alpha value is -19.6. The number of anilines is 12. The van der Waals surface area contributed by atoms with Gasteiger partial charge in [-0.3, -0.25) is 0 Å². The van der Waals surface area contributed by atoms with Crippen molar-refractivity contribution >= 4 is 144 Å². The third kappa shape index (κ3) is 16.6. The fourth-order valence-corrected chi connectivity index (χ4v) is 20.2. The molecule has 0 saturated carbocycles. The van der Waals surface area contributed by atoms with Gasteiger partial charge in [0.25, 0.3) is 0 Å². The van der Waals surface area contributed by atoms with Crippen molar-refractivity contribution in [1.29, 1.82) is 0 Å². The summed E-state index contributed by atoms with van der Waals surface area (Å²) in [6.07, 6.45) is 0. The highest BCUT2D eigenvalue weighted by atomic mass is 15.2. The minimum Gasteiger partial charge on any atom is -0.310 e. The fraction of sp³-hybridized carbons (Fsp3) is 0. The summed E-state index contributed by atoms with van der Waals surface area (Å²) in [7, 11) is 0. The molecule has 0 unspecified atom stereocenters. The number of fused-ring (bicyclic) bond motifs is 12. The maximum atomic E-state index is 5.16. The number of hydrogen-bond donors (Lipinski definition) is 0. The average Bonchev–Trinajstić information content (AvgIpc) is 1.45. The van der Waals surface area contributed by atoms with Gasteiger partial charge in [-0.1, -0.05) is 346 Å². The first kappa shape index (κ1) is 86.1. The highest BCUT2D eigenvalue weighted by Crippen LogP contribution is 2.49. The van der Waals surface area contributed by atoms with Gasteiger partial charge in [-0.2, -0.15) is 0 Å². The molecule has 0 aliphatic rings. The van der Waals surface area contributed by atoms with Crippen LogP contribution in [-0.2, 0) is 0 Å². The smallest absolute Gasteiger partial charge is 0.164 e. The van der Waals surface area contributed by atoms with E-state index < -0.39 is 0 Å². The topological polar surface area (TPSA) is 100 Å². The van der Waals surface area contributed by atoms with Crippen LogP contribution in [0.25, 0.3) is 167 Å². The maximum Gasteiger partial charge on any atom is 0.164 e. The second-order valence-corrected chi connectivity index (χ2v) is 35.7. The molecule has 0 saturated heterocycles. The van der Waals surface area contributed by atoms with E-state index in [1.165, 1.54) is 21.5 Å². The Labute approximate surface area is 833 Å². The molecule has 0 bridgehead atoms.